The van der Waals surface area contributed by atoms with Crippen molar-refractivity contribution in [3.05, 3.63) is 0 Å². The average Bonchev–Trinajstić information content (AvgIpc) is 3.17. The molecule has 21 heteroatoms. The third kappa shape index (κ3) is 8.44. The molecule has 0 aromatic rings. The lowest BCUT2D eigenvalue weighted by molar-refractivity contribution is -0.383. The minimum absolute atomic E-state index is 0.422. The smallest absolute Gasteiger partial charge is 0.187 e. The van der Waals surface area contributed by atoms with E-state index in [4.69, 9.17) is 42.6 Å². The highest BCUT2D eigenvalue weighted by Gasteiger charge is 2.54. The number of hydrogen-bond acceptors (Lipinski definition) is 21. The average molecular weight is 709 g/mol. The van der Waals surface area contributed by atoms with E-state index in [-0.39, 0.29) is 0 Å². The molecule has 0 aliphatic carbocycles. The summed E-state index contributed by atoms with van der Waals surface area (Å²) >= 11 is 0. The van der Waals surface area contributed by atoms with Crippen molar-refractivity contribution in [3.63, 3.8) is 0 Å². The largest absolute Gasteiger partial charge is 0.394 e. The van der Waals surface area contributed by atoms with Gasteiger partial charge in [0.1, 0.15) is 91.6 Å². The molecule has 0 saturated carbocycles. The van der Waals surface area contributed by atoms with Gasteiger partial charge in [0.25, 0.3) is 0 Å². The van der Waals surface area contributed by atoms with Crippen molar-refractivity contribution in [2.45, 2.75) is 129 Å². The maximum absolute atomic E-state index is 11.3. The summed E-state index contributed by atoms with van der Waals surface area (Å²) in [4.78, 5) is 0. The number of ether oxygens (including phenoxy) is 9. The van der Waals surface area contributed by atoms with Gasteiger partial charge in [-0.15, -0.1) is 0 Å². The minimum Gasteiger partial charge on any atom is -0.394 e. The third-order valence-corrected chi connectivity index (χ3v) is 8.86. The summed E-state index contributed by atoms with van der Waals surface area (Å²) in [6.45, 7) is -2.89. The van der Waals surface area contributed by atoms with E-state index in [1.807, 2.05) is 0 Å². The van der Waals surface area contributed by atoms with Gasteiger partial charge >= 0.3 is 0 Å². The van der Waals surface area contributed by atoms with Gasteiger partial charge in [0.2, 0.25) is 0 Å². The van der Waals surface area contributed by atoms with Crippen LogP contribution < -0.4 is 0 Å². The van der Waals surface area contributed by atoms with Crippen molar-refractivity contribution in [1.29, 1.82) is 0 Å². The maximum atomic E-state index is 11.3. The lowest BCUT2D eigenvalue weighted by Gasteiger charge is -2.48. The highest BCUT2D eigenvalue weighted by Crippen LogP contribution is 2.34. The molecule has 0 bridgehead atoms. The molecule has 21 nitrogen and oxygen atoms in total. The van der Waals surface area contributed by atoms with Crippen LogP contribution in [0.2, 0.25) is 0 Å². The molecule has 0 amide bonds. The Morgan fingerprint density at radius 3 is 1.40 bits per heavy atom. The third-order valence-electron chi connectivity index (χ3n) is 8.86. The Labute approximate surface area is 274 Å². The van der Waals surface area contributed by atoms with Gasteiger partial charge in [-0.3, -0.25) is 0 Å². The Hall–Kier alpha value is -0.840. The lowest BCUT2D eigenvalue weighted by atomic mass is 9.96. The molecule has 4 aliphatic heterocycles. The predicted octanol–water partition coefficient (Wildman–Crippen LogP) is -8.05. The zero-order chi connectivity index (χ0) is 35.4. The lowest BCUT2D eigenvalue weighted by Crippen LogP contribution is -2.67. The van der Waals surface area contributed by atoms with E-state index >= 15 is 0 Å². The summed E-state index contributed by atoms with van der Waals surface area (Å²) in [5.41, 5.74) is 0. The van der Waals surface area contributed by atoms with Gasteiger partial charge in [-0.05, 0) is 0 Å². The van der Waals surface area contributed by atoms with E-state index in [0.717, 1.165) is 0 Å². The van der Waals surface area contributed by atoms with Gasteiger partial charge in [-0.1, -0.05) is 0 Å². The van der Waals surface area contributed by atoms with Crippen LogP contribution in [0.15, 0.2) is 0 Å². The minimum atomic E-state index is -1.98. The normalized spacial score (nSPS) is 50.6. The Morgan fingerprint density at radius 1 is 0.458 bits per heavy atom. The molecular weight excluding hydrogens is 660 g/mol. The van der Waals surface area contributed by atoms with Crippen LogP contribution in [-0.2, 0) is 42.6 Å². The van der Waals surface area contributed by atoms with Crippen LogP contribution in [0.1, 0.15) is 6.42 Å². The summed E-state index contributed by atoms with van der Waals surface area (Å²) in [6, 6.07) is 0. The zero-order valence-corrected chi connectivity index (χ0v) is 26.1. The molecule has 4 fully saturated rings. The van der Waals surface area contributed by atoms with E-state index in [1.54, 1.807) is 0 Å². The van der Waals surface area contributed by atoms with Crippen molar-refractivity contribution in [2.24, 2.45) is 0 Å². The number of hydrogen-bond donors (Lipinski definition) is 12. The fourth-order valence-electron chi connectivity index (χ4n) is 6.06. The zero-order valence-electron chi connectivity index (χ0n) is 26.1. The number of aliphatic hydroxyl groups excluding tert-OH is 12. The molecule has 4 aliphatic rings. The first kappa shape index (κ1) is 39.9. The van der Waals surface area contributed by atoms with E-state index < -0.39 is 156 Å². The summed E-state index contributed by atoms with van der Waals surface area (Å²) in [5.74, 6) is 0. The quantitative estimate of drug-likeness (QED) is 0.0895. The van der Waals surface area contributed by atoms with Crippen LogP contribution in [0.5, 0.6) is 0 Å². The van der Waals surface area contributed by atoms with Gasteiger partial charge in [0.05, 0.1) is 32.5 Å². The van der Waals surface area contributed by atoms with Crippen molar-refractivity contribution in [2.75, 3.05) is 40.6 Å². The summed E-state index contributed by atoms with van der Waals surface area (Å²) in [6.07, 6.45) is -32.4. The first-order valence-electron chi connectivity index (χ1n) is 15.4. The number of rotatable bonds is 12. The highest BCUT2D eigenvalue weighted by atomic mass is 16.8. The van der Waals surface area contributed by atoms with Crippen LogP contribution in [0.3, 0.4) is 0 Å². The van der Waals surface area contributed by atoms with Crippen LogP contribution in [0, 0.1) is 0 Å². The van der Waals surface area contributed by atoms with E-state index in [0.29, 0.717) is 0 Å². The fourth-order valence-corrected chi connectivity index (χ4v) is 6.06. The van der Waals surface area contributed by atoms with E-state index in [9.17, 15) is 61.3 Å². The van der Waals surface area contributed by atoms with Crippen molar-refractivity contribution in [1.82, 2.24) is 0 Å². The molecule has 12 unspecified atom stereocenters. The first-order valence-corrected chi connectivity index (χ1v) is 15.4. The highest BCUT2D eigenvalue weighted by molar-refractivity contribution is 4.97. The molecule has 0 aromatic heterocycles. The standard InChI is InChI=1S/C27H48O21/c1-40-21-15(34)11(5-29)45-26(18(21)37)48-23-17(36)13(7-42-24-9(32)3-8(31)14(33)10(4-28)43-24)46-27(20(23)39)47-22-16(35)12(6-30)44-25(41-2)19(22)38/h8-39H,3-7H2,1-2H3/t8?,9?,10?,11?,12?,13?,14-,15+,16+,17+,18?,19?,20?,21?,22?,23?,24+,25+,26-,27-/m0/s1. The second kappa shape index (κ2) is 17.6. The van der Waals surface area contributed by atoms with Gasteiger partial charge in [-0.2, -0.15) is 0 Å². The van der Waals surface area contributed by atoms with Gasteiger partial charge in [0, 0.05) is 20.6 Å². The summed E-state index contributed by atoms with van der Waals surface area (Å²) in [5, 5.41) is 125. The van der Waals surface area contributed by atoms with Crippen LogP contribution in [0.25, 0.3) is 0 Å². The van der Waals surface area contributed by atoms with Gasteiger partial charge in [-0.25, -0.2) is 0 Å². The molecule has 4 saturated heterocycles. The SMILES string of the molecule is COC1C(O)[C@H](OC2C(O)[C@H](OC3C(O)[C@H](OC)OC(CO)[C@H]3O)OC(CO[C@@H]3OC(CO)[C@@H](O)C(O)CC3O)[C@H]2O)OC(CO)[C@H]1O. The molecule has 282 valence electrons. The van der Waals surface area contributed by atoms with Gasteiger partial charge < -0.3 is 104 Å². The van der Waals surface area contributed by atoms with Crippen molar-refractivity contribution < 1.29 is 104 Å². The molecule has 48 heavy (non-hydrogen) atoms. The number of methoxy groups -OCH3 is 2. The molecular formula is C27H48O21. The number of aliphatic hydroxyl groups is 12. The second-order valence-corrected chi connectivity index (χ2v) is 12.0. The van der Waals surface area contributed by atoms with E-state index in [1.165, 1.54) is 14.2 Å². The first-order chi connectivity index (χ1) is 22.8. The Balaban J connectivity index is 1.59. The Kier molecular flexibility index (Phi) is 14.6. The van der Waals surface area contributed by atoms with E-state index in [2.05, 4.69) is 0 Å². The monoisotopic (exact) mass is 708 g/mol. The van der Waals surface area contributed by atoms with Crippen LogP contribution in [0.4, 0.5) is 0 Å². The molecule has 0 aromatic carbocycles. The summed E-state index contributed by atoms with van der Waals surface area (Å²) < 4.78 is 49.4. The van der Waals surface area contributed by atoms with Crippen molar-refractivity contribution in [3.8, 4) is 0 Å². The fraction of sp³-hybridized carbons (Fsp3) is 1.00. The molecule has 4 rings (SSSR count). The second-order valence-electron chi connectivity index (χ2n) is 12.0. The summed E-state index contributed by atoms with van der Waals surface area (Å²) in [7, 11) is 2.35. The van der Waals surface area contributed by atoms with Crippen LogP contribution >= 0.6 is 0 Å². The van der Waals surface area contributed by atoms with Crippen molar-refractivity contribution >= 4 is 0 Å². The predicted molar refractivity (Wildman–Crippen MR) is 148 cm³/mol. The Morgan fingerprint density at radius 2 is 0.875 bits per heavy atom. The topological polar surface area (TPSA) is 326 Å². The maximum Gasteiger partial charge on any atom is 0.187 e. The Bertz CT molecular complexity index is 950. The molecule has 12 N–H and O–H groups in total. The molecule has 20 atom stereocenters. The van der Waals surface area contributed by atoms with Crippen LogP contribution in [-0.4, -0.2) is 225 Å². The molecule has 4 heterocycles. The van der Waals surface area contributed by atoms with Gasteiger partial charge in [0.15, 0.2) is 25.2 Å². The molecule has 0 radical (unpaired) electrons. The molecule has 0 spiro atoms.